The molecule has 0 radical (unpaired) electrons. The molecule has 0 heterocycles. The third-order valence-electron chi connectivity index (χ3n) is 3.52. The van der Waals surface area contributed by atoms with E-state index < -0.39 is 6.10 Å². The number of hydrogen-bond acceptors (Lipinski definition) is 2. The Balaban J connectivity index is 2.12. The van der Waals surface area contributed by atoms with Gasteiger partial charge in [-0.2, -0.15) is 0 Å². The van der Waals surface area contributed by atoms with E-state index in [1.54, 1.807) is 13.0 Å². The highest BCUT2D eigenvalue weighted by Gasteiger charge is 2.17. The lowest BCUT2D eigenvalue weighted by atomic mass is 10.1. The van der Waals surface area contributed by atoms with Crippen molar-refractivity contribution in [2.75, 3.05) is 0 Å². The van der Waals surface area contributed by atoms with Gasteiger partial charge in [0.1, 0.15) is 11.6 Å². The predicted octanol–water partition coefficient (Wildman–Crippen LogP) is 3.98. The van der Waals surface area contributed by atoms with Gasteiger partial charge in [-0.15, -0.1) is 0 Å². The van der Waals surface area contributed by atoms with Crippen molar-refractivity contribution in [3.05, 3.63) is 29.6 Å². The van der Waals surface area contributed by atoms with Crippen LogP contribution in [-0.2, 0) is 0 Å². The van der Waals surface area contributed by atoms with Crippen molar-refractivity contribution in [1.82, 2.24) is 0 Å². The molecule has 2 nitrogen and oxygen atoms in total. The molecule has 0 spiro atoms. The molecule has 0 saturated heterocycles. The number of aliphatic hydroxyl groups excluding tert-OH is 1. The van der Waals surface area contributed by atoms with E-state index >= 15 is 0 Å². The maximum atomic E-state index is 13.2. The monoisotopic (exact) mass is 252 g/mol. The molecule has 3 heteroatoms. The van der Waals surface area contributed by atoms with Crippen LogP contribution in [0.15, 0.2) is 18.2 Å². The van der Waals surface area contributed by atoms with Crippen LogP contribution >= 0.6 is 0 Å². The average molecular weight is 252 g/mol. The maximum absolute atomic E-state index is 13.2. The molecule has 0 aliphatic heterocycles. The van der Waals surface area contributed by atoms with E-state index in [4.69, 9.17) is 4.74 Å². The van der Waals surface area contributed by atoms with Crippen molar-refractivity contribution in [3.63, 3.8) is 0 Å². The molecule has 1 aromatic carbocycles. The van der Waals surface area contributed by atoms with Gasteiger partial charge in [-0.1, -0.05) is 12.8 Å². The van der Waals surface area contributed by atoms with Crippen LogP contribution in [0.4, 0.5) is 4.39 Å². The van der Waals surface area contributed by atoms with Crippen molar-refractivity contribution in [2.45, 2.75) is 57.7 Å². The van der Waals surface area contributed by atoms with E-state index in [-0.39, 0.29) is 11.9 Å². The first-order valence-electron chi connectivity index (χ1n) is 6.81. The third kappa shape index (κ3) is 3.45. The predicted molar refractivity (Wildman–Crippen MR) is 69.2 cm³/mol. The van der Waals surface area contributed by atoms with Crippen LogP contribution in [0, 0.1) is 5.82 Å². The second kappa shape index (κ2) is 6.19. The van der Waals surface area contributed by atoms with E-state index in [1.807, 2.05) is 0 Å². The zero-order valence-corrected chi connectivity index (χ0v) is 10.9. The van der Waals surface area contributed by atoms with Gasteiger partial charge in [-0.25, -0.2) is 4.39 Å². The summed E-state index contributed by atoms with van der Waals surface area (Å²) in [5, 5.41) is 9.67. The molecule has 18 heavy (non-hydrogen) atoms. The van der Waals surface area contributed by atoms with Gasteiger partial charge in [-0.3, -0.25) is 0 Å². The Labute approximate surface area is 108 Å². The molecule has 0 unspecified atom stereocenters. The first kappa shape index (κ1) is 13.3. The van der Waals surface area contributed by atoms with Crippen LogP contribution in [0.3, 0.4) is 0 Å². The van der Waals surface area contributed by atoms with Crippen molar-refractivity contribution < 1.29 is 14.2 Å². The van der Waals surface area contributed by atoms with Crippen LogP contribution in [0.1, 0.15) is 57.1 Å². The Hall–Kier alpha value is -1.09. The highest BCUT2D eigenvalue weighted by Crippen LogP contribution is 2.29. The van der Waals surface area contributed by atoms with Gasteiger partial charge in [0.15, 0.2) is 0 Å². The average Bonchev–Trinajstić information content (AvgIpc) is 2.60. The molecule has 100 valence electrons. The van der Waals surface area contributed by atoms with E-state index in [0.717, 1.165) is 12.8 Å². The summed E-state index contributed by atoms with van der Waals surface area (Å²) in [5.41, 5.74) is 0.541. The standard InChI is InChI=1S/C15H21FO2/c1-11(17)14-10-12(16)8-9-15(14)18-13-6-4-2-3-5-7-13/h8-11,13,17H,2-7H2,1H3/t11-/m1/s1. The summed E-state index contributed by atoms with van der Waals surface area (Å²) >= 11 is 0. The van der Waals surface area contributed by atoms with Crippen LogP contribution < -0.4 is 4.74 Å². The van der Waals surface area contributed by atoms with Crippen molar-refractivity contribution in [2.24, 2.45) is 0 Å². The van der Waals surface area contributed by atoms with Gasteiger partial charge < -0.3 is 9.84 Å². The van der Waals surface area contributed by atoms with Crippen LogP contribution in [0.2, 0.25) is 0 Å². The molecule has 1 aliphatic carbocycles. The lowest BCUT2D eigenvalue weighted by molar-refractivity contribution is 0.161. The molecule has 0 amide bonds. The summed E-state index contributed by atoms with van der Waals surface area (Å²) in [5.74, 6) is 0.289. The summed E-state index contributed by atoms with van der Waals surface area (Å²) < 4.78 is 19.1. The van der Waals surface area contributed by atoms with E-state index in [2.05, 4.69) is 0 Å². The molecule has 2 rings (SSSR count). The zero-order chi connectivity index (χ0) is 13.0. The molecule has 0 aromatic heterocycles. The second-order valence-electron chi connectivity index (χ2n) is 5.09. The third-order valence-corrected chi connectivity index (χ3v) is 3.52. The molecule has 1 N–H and O–H groups in total. The molecular formula is C15H21FO2. The number of benzene rings is 1. The lowest BCUT2D eigenvalue weighted by Gasteiger charge is -2.20. The summed E-state index contributed by atoms with van der Waals surface area (Å²) in [6, 6.07) is 4.37. The first-order chi connectivity index (χ1) is 8.66. The van der Waals surface area contributed by atoms with Crippen LogP contribution in [0.5, 0.6) is 5.75 Å². The molecular weight excluding hydrogens is 231 g/mol. The normalized spacial score (nSPS) is 19.3. The number of hydrogen-bond donors (Lipinski definition) is 1. The first-order valence-corrected chi connectivity index (χ1v) is 6.81. The number of rotatable bonds is 3. The van der Waals surface area contributed by atoms with Gasteiger partial charge in [0.25, 0.3) is 0 Å². The summed E-state index contributed by atoms with van der Waals surface area (Å²) in [6.07, 6.45) is 6.52. The van der Waals surface area contributed by atoms with Crippen molar-refractivity contribution >= 4 is 0 Å². The molecule has 1 aliphatic rings. The fourth-order valence-electron chi connectivity index (χ4n) is 2.49. The SMILES string of the molecule is C[C@@H](O)c1cc(F)ccc1OC1CCCCCC1. The second-order valence-corrected chi connectivity index (χ2v) is 5.09. The van der Waals surface area contributed by atoms with Gasteiger partial charge in [0.2, 0.25) is 0 Å². The van der Waals surface area contributed by atoms with Gasteiger partial charge >= 0.3 is 0 Å². The summed E-state index contributed by atoms with van der Waals surface area (Å²) in [7, 11) is 0. The van der Waals surface area contributed by atoms with E-state index in [9.17, 15) is 9.50 Å². The largest absolute Gasteiger partial charge is 0.490 e. The summed E-state index contributed by atoms with van der Waals surface area (Å²) in [6.45, 7) is 1.63. The highest BCUT2D eigenvalue weighted by atomic mass is 19.1. The number of aliphatic hydroxyl groups is 1. The van der Waals surface area contributed by atoms with Gasteiger partial charge in [0.05, 0.1) is 12.2 Å². The van der Waals surface area contributed by atoms with Gasteiger partial charge in [0, 0.05) is 5.56 Å². The van der Waals surface area contributed by atoms with E-state index in [1.165, 1.54) is 37.8 Å². The fourth-order valence-corrected chi connectivity index (χ4v) is 2.49. The molecule has 0 bridgehead atoms. The Morgan fingerprint density at radius 1 is 1.22 bits per heavy atom. The molecule has 1 aromatic rings. The minimum atomic E-state index is -0.707. The Bertz CT molecular complexity index is 382. The van der Waals surface area contributed by atoms with E-state index in [0.29, 0.717) is 11.3 Å². The fraction of sp³-hybridized carbons (Fsp3) is 0.600. The lowest BCUT2D eigenvalue weighted by Crippen LogP contribution is -2.16. The van der Waals surface area contributed by atoms with Gasteiger partial charge in [-0.05, 0) is 50.8 Å². The Morgan fingerprint density at radius 3 is 2.50 bits per heavy atom. The quantitative estimate of drug-likeness (QED) is 0.824. The number of ether oxygens (including phenoxy) is 1. The zero-order valence-electron chi connectivity index (χ0n) is 10.9. The molecule has 1 fully saturated rings. The van der Waals surface area contributed by atoms with Crippen molar-refractivity contribution in [3.8, 4) is 5.75 Å². The highest BCUT2D eigenvalue weighted by molar-refractivity contribution is 5.35. The number of halogens is 1. The van der Waals surface area contributed by atoms with Crippen LogP contribution in [0.25, 0.3) is 0 Å². The molecule has 1 saturated carbocycles. The molecule has 1 atom stereocenters. The topological polar surface area (TPSA) is 29.5 Å². The minimum absolute atomic E-state index is 0.204. The Kier molecular flexibility index (Phi) is 4.59. The van der Waals surface area contributed by atoms with Crippen LogP contribution in [-0.4, -0.2) is 11.2 Å². The Morgan fingerprint density at radius 2 is 1.89 bits per heavy atom. The maximum Gasteiger partial charge on any atom is 0.125 e. The minimum Gasteiger partial charge on any atom is -0.490 e. The van der Waals surface area contributed by atoms with Crippen molar-refractivity contribution in [1.29, 1.82) is 0 Å². The smallest absolute Gasteiger partial charge is 0.125 e. The summed E-state index contributed by atoms with van der Waals surface area (Å²) in [4.78, 5) is 0.